The first-order valence-electron chi connectivity index (χ1n) is 17.4. The van der Waals surface area contributed by atoms with Crippen LogP contribution in [-0.2, 0) is 0 Å². The van der Waals surface area contributed by atoms with Crippen LogP contribution in [0.1, 0.15) is 5.56 Å². The predicted molar refractivity (Wildman–Crippen MR) is 214 cm³/mol. The summed E-state index contributed by atoms with van der Waals surface area (Å²) in [6, 6.07) is 66.0. The van der Waals surface area contributed by atoms with Crippen molar-refractivity contribution >= 4 is 43.6 Å². The van der Waals surface area contributed by atoms with Crippen LogP contribution in [0.2, 0.25) is 0 Å². The fourth-order valence-electron chi connectivity index (χ4n) is 7.81. The molecule has 3 heterocycles. The number of para-hydroxylation sites is 3. The number of hydrogen-bond donors (Lipinski definition) is 0. The molecular weight excluding hydrogens is 633 g/mol. The number of nitriles is 1. The molecule has 0 atom stereocenters. The normalized spacial score (nSPS) is 11.4. The van der Waals surface area contributed by atoms with Gasteiger partial charge in [-0.3, -0.25) is 0 Å². The maximum atomic E-state index is 9.66. The Labute approximate surface area is 300 Å². The van der Waals surface area contributed by atoms with Gasteiger partial charge in [0.05, 0.1) is 45.1 Å². The summed E-state index contributed by atoms with van der Waals surface area (Å²) in [6.07, 6.45) is 0. The zero-order valence-corrected chi connectivity index (χ0v) is 28.1. The first kappa shape index (κ1) is 29.7. The van der Waals surface area contributed by atoms with Crippen LogP contribution >= 0.6 is 0 Å². The third kappa shape index (κ3) is 4.72. The molecule has 4 heteroatoms. The monoisotopic (exact) mass is 662 g/mol. The minimum Gasteiger partial charge on any atom is -0.309 e. The van der Waals surface area contributed by atoms with Crippen LogP contribution in [0.3, 0.4) is 0 Å². The summed E-state index contributed by atoms with van der Waals surface area (Å²) in [4.78, 5) is 5.10. The SMILES string of the molecule is N#Cc1cccc(-c2cc(-c3cccc(-n4c5ccccc5c5ccc6c(c7ccccc7n6-c6ccccc6)c54)c3)cc(-c3ccccc3)n2)c1. The standard InChI is InChI=1S/C48H30N4/c49-31-32-13-11-17-35(27-32)43-30-36(29-42(50-43)33-14-3-1-4-15-33)34-16-12-20-38(28-34)52-44-23-9-7-21-39(44)40-25-26-46-47(48(40)52)41-22-8-10-24-45(41)51(46)37-18-5-2-6-19-37/h1-30H. The average molecular weight is 663 g/mol. The molecule has 0 aliphatic rings. The van der Waals surface area contributed by atoms with Gasteiger partial charge >= 0.3 is 0 Å². The molecule has 7 aromatic carbocycles. The number of aromatic nitrogens is 3. The molecule has 10 rings (SSSR count). The quantitative estimate of drug-likeness (QED) is 0.184. The van der Waals surface area contributed by atoms with E-state index in [0.29, 0.717) is 5.56 Å². The van der Waals surface area contributed by atoms with Crippen LogP contribution < -0.4 is 0 Å². The molecule has 52 heavy (non-hydrogen) atoms. The molecule has 0 saturated heterocycles. The van der Waals surface area contributed by atoms with Crippen molar-refractivity contribution in [2.45, 2.75) is 0 Å². The van der Waals surface area contributed by atoms with E-state index in [1.54, 1.807) is 0 Å². The zero-order chi connectivity index (χ0) is 34.6. The van der Waals surface area contributed by atoms with Crippen molar-refractivity contribution in [1.82, 2.24) is 14.1 Å². The Morgan fingerprint density at radius 1 is 0.404 bits per heavy atom. The van der Waals surface area contributed by atoms with Gasteiger partial charge in [-0.25, -0.2) is 4.98 Å². The van der Waals surface area contributed by atoms with Crippen molar-refractivity contribution in [2.24, 2.45) is 0 Å². The third-order valence-corrected chi connectivity index (χ3v) is 10.1. The molecule has 0 radical (unpaired) electrons. The second-order valence-corrected chi connectivity index (χ2v) is 13.1. The molecule has 0 N–H and O–H groups in total. The van der Waals surface area contributed by atoms with Gasteiger partial charge in [-0.1, -0.05) is 115 Å². The van der Waals surface area contributed by atoms with E-state index in [0.717, 1.165) is 50.5 Å². The molecule has 0 spiro atoms. The molecule has 0 saturated carbocycles. The van der Waals surface area contributed by atoms with E-state index in [1.807, 2.05) is 42.5 Å². The number of pyridine rings is 1. The van der Waals surface area contributed by atoms with Gasteiger partial charge in [0, 0.05) is 44.0 Å². The Balaban J connectivity index is 1.24. The predicted octanol–water partition coefficient (Wildman–Crippen LogP) is 12.1. The van der Waals surface area contributed by atoms with Crippen molar-refractivity contribution in [1.29, 1.82) is 5.26 Å². The van der Waals surface area contributed by atoms with Gasteiger partial charge in [-0.2, -0.15) is 5.26 Å². The fraction of sp³-hybridized carbons (Fsp3) is 0. The zero-order valence-electron chi connectivity index (χ0n) is 28.1. The summed E-state index contributed by atoms with van der Waals surface area (Å²) in [5.41, 5.74) is 13.3. The van der Waals surface area contributed by atoms with Crippen LogP contribution in [0.15, 0.2) is 182 Å². The van der Waals surface area contributed by atoms with Gasteiger partial charge in [-0.05, 0) is 77.9 Å². The maximum absolute atomic E-state index is 9.66. The van der Waals surface area contributed by atoms with Crippen molar-refractivity contribution in [3.8, 4) is 51.1 Å². The molecule has 10 aromatic rings. The van der Waals surface area contributed by atoms with Gasteiger partial charge in [0.15, 0.2) is 0 Å². The Morgan fingerprint density at radius 3 is 1.81 bits per heavy atom. The van der Waals surface area contributed by atoms with Crippen molar-refractivity contribution < 1.29 is 0 Å². The minimum atomic E-state index is 0.610. The fourth-order valence-corrected chi connectivity index (χ4v) is 7.81. The van der Waals surface area contributed by atoms with Gasteiger partial charge in [-0.15, -0.1) is 0 Å². The molecule has 0 amide bonds. The van der Waals surface area contributed by atoms with E-state index in [1.165, 1.54) is 38.1 Å². The Morgan fingerprint density at radius 2 is 1.02 bits per heavy atom. The first-order valence-corrected chi connectivity index (χ1v) is 17.4. The summed E-state index contributed by atoms with van der Waals surface area (Å²) >= 11 is 0. The highest BCUT2D eigenvalue weighted by atomic mass is 15.0. The van der Waals surface area contributed by atoms with Crippen LogP contribution in [0.4, 0.5) is 0 Å². The van der Waals surface area contributed by atoms with Gasteiger partial charge in [0.2, 0.25) is 0 Å². The lowest BCUT2D eigenvalue weighted by Gasteiger charge is -2.13. The van der Waals surface area contributed by atoms with Crippen LogP contribution in [0, 0.1) is 11.3 Å². The second kappa shape index (κ2) is 12.0. The molecule has 0 aliphatic heterocycles. The van der Waals surface area contributed by atoms with E-state index in [-0.39, 0.29) is 0 Å². The number of hydrogen-bond acceptors (Lipinski definition) is 2. The summed E-state index contributed by atoms with van der Waals surface area (Å²) < 4.78 is 4.82. The van der Waals surface area contributed by atoms with E-state index in [2.05, 4.69) is 155 Å². The van der Waals surface area contributed by atoms with E-state index < -0.39 is 0 Å². The lowest BCUT2D eigenvalue weighted by molar-refractivity contribution is 1.17. The van der Waals surface area contributed by atoms with E-state index in [9.17, 15) is 5.26 Å². The first-order chi connectivity index (χ1) is 25.7. The second-order valence-electron chi connectivity index (χ2n) is 13.1. The molecule has 4 nitrogen and oxygen atoms in total. The maximum Gasteiger partial charge on any atom is 0.0991 e. The highest BCUT2D eigenvalue weighted by Gasteiger charge is 2.21. The number of nitrogens with zero attached hydrogens (tertiary/aromatic N) is 4. The third-order valence-electron chi connectivity index (χ3n) is 10.1. The van der Waals surface area contributed by atoms with Crippen molar-refractivity contribution in [2.75, 3.05) is 0 Å². The molecule has 0 aliphatic carbocycles. The van der Waals surface area contributed by atoms with Gasteiger partial charge in [0.1, 0.15) is 0 Å². The molecule has 242 valence electrons. The highest BCUT2D eigenvalue weighted by molar-refractivity contribution is 6.26. The lowest BCUT2D eigenvalue weighted by Crippen LogP contribution is -1.96. The molecule has 0 unspecified atom stereocenters. The molecular formula is C48H30N4. The molecule has 0 bridgehead atoms. The van der Waals surface area contributed by atoms with Crippen LogP contribution in [0.5, 0.6) is 0 Å². The summed E-state index contributed by atoms with van der Waals surface area (Å²) in [6.45, 7) is 0. The topological polar surface area (TPSA) is 46.5 Å². The Hall–Kier alpha value is -7.22. The van der Waals surface area contributed by atoms with Crippen molar-refractivity contribution in [3.05, 3.63) is 188 Å². The van der Waals surface area contributed by atoms with Crippen LogP contribution in [0.25, 0.3) is 88.6 Å². The van der Waals surface area contributed by atoms with E-state index in [4.69, 9.17) is 4.98 Å². The molecule has 0 fully saturated rings. The number of fused-ring (bicyclic) bond motifs is 7. The number of benzene rings is 7. The Bertz CT molecular complexity index is 3020. The summed E-state index contributed by atoms with van der Waals surface area (Å²) in [7, 11) is 0. The average Bonchev–Trinajstić information content (AvgIpc) is 3.74. The van der Waals surface area contributed by atoms with Gasteiger partial charge in [0.25, 0.3) is 0 Å². The molecule has 3 aromatic heterocycles. The smallest absolute Gasteiger partial charge is 0.0991 e. The largest absolute Gasteiger partial charge is 0.309 e. The van der Waals surface area contributed by atoms with Crippen LogP contribution in [-0.4, -0.2) is 14.1 Å². The van der Waals surface area contributed by atoms with E-state index >= 15 is 0 Å². The summed E-state index contributed by atoms with van der Waals surface area (Å²) in [5, 5.41) is 14.5. The number of rotatable bonds is 5. The summed E-state index contributed by atoms with van der Waals surface area (Å²) in [5.74, 6) is 0. The van der Waals surface area contributed by atoms with Crippen molar-refractivity contribution in [3.63, 3.8) is 0 Å². The van der Waals surface area contributed by atoms with Gasteiger partial charge < -0.3 is 9.13 Å². The highest BCUT2D eigenvalue weighted by Crippen LogP contribution is 2.42. The lowest BCUT2D eigenvalue weighted by atomic mass is 9.99. The Kier molecular flexibility index (Phi) is 6.84. The minimum absolute atomic E-state index is 0.610.